The van der Waals surface area contributed by atoms with Crippen LogP contribution in [0.1, 0.15) is 66.0 Å². The summed E-state index contributed by atoms with van der Waals surface area (Å²) in [5.41, 5.74) is 8.56. The largest absolute Gasteiger partial charge is 0.360 e. The van der Waals surface area contributed by atoms with Gasteiger partial charge in [0.2, 0.25) is 0 Å². The van der Waals surface area contributed by atoms with Crippen molar-refractivity contribution >= 4 is 23.0 Å². The molecule has 2 aromatic heterocycles. The molecular formula is C28H30ClN3O. The van der Waals surface area contributed by atoms with E-state index in [9.17, 15) is 0 Å². The van der Waals surface area contributed by atoms with Crippen molar-refractivity contribution in [2.24, 2.45) is 5.41 Å². The zero-order valence-electron chi connectivity index (χ0n) is 19.6. The van der Waals surface area contributed by atoms with E-state index in [0.29, 0.717) is 5.92 Å². The van der Waals surface area contributed by atoms with Crippen LogP contribution in [0.15, 0.2) is 41.1 Å². The lowest BCUT2D eigenvalue weighted by molar-refractivity contribution is 0.277. The van der Waals surface area contributed by atoms with Gasteiger partial charge in [0.05, 0.1) is 5.02 Å². The van der Waals surface area contributed by atoms with Gasteiger partial charge in [-0.15, -0.1) is 0 Å². The highest BCUT2D eigenvalue weighted by molar-refractivity contribution is 6.33. The normalized spacial score (nSPS) is 19.5. The summed E-state index contributed by atoms with van der Waals surface area (Å²) in [6.07, 6.45) is 10.3. The third-order valence-corrected chi connectivity index (χ3v) is 8.23. The molecule has 0 unspecified atom stereocenters. The van der Waals surface area contributed by atoms with E-state index < -0.39 is 0 Å². The molecule has 1 aliphatic heterocycles. The molecule has 0 radical (unpaired) electrons. The minimum Gasteiger partial charge on any atom is -0.360 e. The second-order valence-electron chi connectivity index (χ2n) is 10.3. The Balaban J connectivity index is 1.28. The van der Waals surface area contributed by atoms with Gasteiger partial charge in [-0.3, -0.25) is 0 Å². The number of hydrogen-bond donors (Lipinski definition) is 0. The van der Waals surface area contributed by atoms with Gasteiger partial charge in [0.25, 0.3) is 0 Å². The van der Waals surface area contributed by atoms with Crippen molar-refractivity contribution in [1.29, 1.82) is 0 Å². The number of benzene rings is 1. The Morgan fingerprint density at radius 1 is 1.03 bits per heavy atom. The van der Waals surface area contributed by atoms with Crippen LogP contribution < -0.4 is 4.90 Å². The summed E-state index contributed by atoms with van der Waals surface area (Å²) in [6.45, 7) is 8.49. The van der Waals surface area contributed by atoms with E-state index in [2.05, 4.69) is 54.0 Å². The number of halogens is 1. The summed E-state index contributed by atoms with van der Waals surface area (Å²) in [6, 6.07) is 8.28. The summed E-state index contributed by atoms with van der Waals surface area (Å²) >= 11 is 6.63. The lowest BCUT2D eigenvalue weighted by Crippen LogP contribution is -2.42. The van der Waals surface area contributed by atoms with E-state index in [1.165, 1.54) is 35.1 Å². The number of aromatic nitrogens is 2. The first kappa shape index (κ1) is 21.0. The first-order valence-electron chi connectivity index (χ1n) is 12.1. The standard InChI is InChI=1S/C28H30ClN3O/c1-17-5-4-6-22(29)24(17)26-25(27(33-31-26)20-7-8-20)21-14-28(15-21)9-11-32(12-10-28)23-13-18(2)19(3)16-30-23/h4-6,13-14,16,20H,7-12,15H2,1-3H3. The first-order chi connectivity index (χ1) is 15.9. The SMILES string of the molecule is Cc1cnc(N2CCC3(C=C(c4c(-c5c(C)cccc5Cl)noc4C4CC4)C3)CC2)cc1C. The van der Waals surface area contributed by atoms with Crippen LogP contribution in [0, 0.1) is 26.2 Å². The number of hydrogen-bond acceptors (Lipinski definition) is 4. The molecule has 170 valence electrons. The van der Waals surface area contributed by atoms with Gasteiger partial charge < -0.3 is 9.42 Å². The molecule has 2 fully saturated rings. The molecule has 3 heterocycles. The maximum atomic E-state index is 6.63. The fourth-order valence-electron chi connectivity index (χ4n) is 5.50. The number of piperidine rings is 1. The molecule has 0 amide bonds. The molecule has 0 atom stereocenters. The van der Waals surface area contributed by atoms with Crippen molar-refractivity contribution in [2.45, 2.75) is 58.8 Å². The van der Waals surface area contributed by atoms with Gasteiger partial charge in [-0.25, -0.2) is 4.98 Å². The second-order valence-corrected chi connectivity index (χ2v) is 10.7. The summed E-state index contributed by atoms with van der Waals surface area (Å²) in [7, 11) is 0. The predicted octanol–water partition coefficient (Wildman–Crippen LogP) is 7.27. The molecule has 6 rings (SSSR count). The Labute approximate surface area is 200 Å². The van der Waals surface area contributed by atoms with Crippen molar-refractivity contribution in [1.82, 2.24) is 10.1 Å². The minimum atomic E-state index is 0.288. The molecule has 0 N–H and O–H groups in total. The predicted molar refractivity (Wildman–Crippen MR) is 134 cm³/mol. The summed E-state index contributed by atoms with van der Waals surface area (Å²) in [5, 5.41) is 5.30. The van der Waals surface area contributed by atoms with Crippen LogP contribution >= 0.6 is 11.6 Å². The van der Waals surface area contributed by atoms with E-state index in [-0.39, 0.29) is 5.41 Å². The molecule has 4 nitrogen and oxygen atoms in total. The first-order valence-corrected chi connectivity index (χ1v) is 12.5. The highest BCUT2D eigenvalue weighted by Gasteiger charge is 2.44. The Morgan fingerprint density at radius 2 is 1.79 bits per heavy atom. The molecule has 3 aromatic rings. The topological polar surface area (TPSA) is 42.2 Å². The third-order valence-electron chi connectivity index (χ3n) is 7.91. The molecule has 2 aliphatic carbocycles. The Morgan fingerprint density at radius 3 is 2.45 bits per heavy atom. The van der Waals surface area contributed by atoms with Crippen LogP contribution in [-0.4, -0.2) is 23.2 Å². The average molecular weight is 460 g/mol. The lowest BCUT2D eigenvalue weighted by atomic mass is 9.63. The smallest absolute Gasteiger partial charge is 0.147 e. The molecule has 0 bridgehead atoms. The van der Waals surface area contributed by atoms with Crippen molar-refractivity contribution < 1.29 is 4.52 Å². The van der Waals surface area contributed by atoms with E-state index in [4.69, 9.17) is 16.1 Å². The minimum absolute atomic E-state index is 0.288. The van der Waals surface area contributed by atoms with Crippen LogP contribution in [0.2, 0.25) is 5.02 Å². The van der Waals surface area contributed by atoms with Crippen LogP contribution in [0.3, 0.4) is 0 Å². The fourth-order valence-corrected chi connectivity index (χ4v) is 5.82. The van der Waals surface area contributed by atoms with Crippen molar-refractivity contribution in [3.63, 3.8) is 0 Å². The van der Waals surface area contributed by atoms with Crippen LogP contribution in [0.4, 0.5) is 5.82 Å². The zero-order chi connectivity index (χ0) is 22.7. The Bertz CT molecular complexity index is 1240. The van der Waals surface area contributed by atoms with E-state index in [0.717, 1.165) is 65.8 Å². The zero-order valence-corrected chi connectivity index (χ0v) is 20.4. The van der Waals surface area contributed by atoms with Gasteiger partial charge in [-0.2, -0.15) is 0 Å². The van der Waals surface area contributed by atoms with Gasteiger partial charge in [0, 0.05) is 36.3 Å². The Kier molecular flexibility index (Phi) is 4.91. The quantitative estimate of drug-likeness (QED) is 0.411. The van der Waals surface area contributed by atoms with E-state index in [1.807, 2.05) is 18.3 Å². The molecule has 1 aromatic carbocycles. The lowest BCUT2D eigenvalue weighted by Gasteiger charge is -2.46. The molecule has 1 spiro atoms. The number of nitrogens with zero attached hydrogens (tertiary/aromatic N) is 3. The third kappa shape index (κ3) is 3.59. The molecule has 3 aliphatic rings. The number of aryl methyl sites for hydroxylation is 3. The van der Waals surface area contributed by atoms with Crippen LogP contribution in [-0.2, 0) is 0 Å². The fraction of sp³-hybridized carbons (Fsp3) is 0.429. The highest BCUT2D eigenvalue weighted by Crippen LogP contribution is 2.56. The number of rotatable bonds is 4. The molecular weight excluding hydrogens is 430 g/mol. The molecule has 33 heavy (non-hydrogen) atoms. The highest BCUT2D eigenvalue weighted by atomic mass is 35.5. The van der Waals surface area contributed by atoms with E-state index >= 15 is 0 Å². The second kappa shape index (κ2) is 7.73. The molecule has 1 saturated carbocycles. The average Bonchev–Trinajstić information content (AvgIpc) is 3.54. The number of anilines is 1. The Hall–Kier alpha value is -2.59. The molecule has 5 heteroatoms. The van der Waals surface area contributed by atoms with Gasteiger partial charge in [-0.1, -0.05) is 35.0 Å². The number of allylic oxidation sites excluding steroid dienone is 2. The van der Waals surface area contributed by atoms with Crippen LogP contribution in [0.25, 0.3) is 16.8 Å². The van der Waals surface area contributed by atoms with Crippen LogP contribution in [0.5, 0.6) is 0 Å². The van der Waals surface area contributed by atoms with Gasteiger partial charge in [0.15, 0.2) is 0 Å². The van der Waals surface area contributed by atoms with Crippen molar-refractivity contribution in [3.8, 4) is 11.3 Å². The van der Waals surface area contributed by atoms with Crippen molar-refractivity contribution in [3.05, 3.63) is 69.6 Å². The van der Waals surface area contributed by atoms with Crippen molar-refractivity contribution in [2.75, 3.05) is 18.0 Å². The monoisotopic (exact) mass is 459 g/mol. The maximum absolute atomic E-state index is 6.63. The summed E-state index contributed by atoms with van der Waals surface area (Å²) < 4.78 is 5.95. The molecule has 1 saturated heterocycles. The number of pyridine rings is 1. The van der Waals surface area contributed by atoms with Gasteiger partial charge in [-0.05, 0) is 92.7 Å². The van der Waals surface area contributed by atoms with E-state index in [1.54, 1.807) is 0 Å². The maximum Gasteiger partial charge on any atom is 0.147 e. The van der Waals surface area contributed by atoms with Gasteiger partial charge >= 0.3 is 0 Å². The van der Waals surface area contributed by atoms with Gasteiger partial charge in [0.1, 0.15) is 17.3 Å². The summed E-state index contributed by atoms with van der Waals surface area (Å²) in [5.74, 6) is 2.70. The summed E-state index contributed by atoms with van der Waals surface area (Å²) in [4.78, 5) is 7.13.